The molecule has 0 bridgehead atoms. The van der Waals surface area contributed by atoms with Gasteiger partial charge in [0.05, 0.1) is 3.79 Å². The number of halogens is 2. The number of esters is 1. The summed E-state index contributed by atoms with van der Waals surface area (Å²) in [5, 5.41) is 0. The Labute approximate surface area is 154 Å². The van der Waals surface area contributed by atoms with E-state index in [1.165, 1.54) is 16.9 Å². The Morgan fingerprint density at radius 3 is 2.65 bits per heavy atom. The smallest absolute Gasteiger partial charge is 0.348 e. The molecular weight excluding hydrogens is 446 g/mol. The van der Waals surface area contributed by atoms with Crippen molar-refractivity contribution in [3.05, 3.63) is 54.6 Å². The first-order chi connectivity index (χ1) is 11.0. The monoisotopic (exact) mass is 457 g/mol. The van der Waals surface area contributed by atoms with Crippen molar-refractivity contribution in [2.24, 2.45) is 0 Å². The van der Waals surface area contributed by atoms with E-state index >= 15 is 0 Å². The number of rotatable bonds is 3. The average Bonchev–Trinajstić information content (AvgIpc) is 2.91. The molecule has 0 aliphatic carbocycles. The quantitative estimate of drug-likeness (QED) is 0.652. The van der Waals surface area contributed by atoms with Crippen LogP contribution in [-0.4, -0.2) is 29.9 Å². The number of hydrogen-bond acceptors (Lipinski definition) is 4. The van der Waals surface area contributed by atoms with Gasteiger partial charge in [-0.2, -0.15) is 0 Å². The maximum atomic E-state index is 12.2. The number of carbonyl (C=O) groups excluding carboxylic acids is 2. The molecule has 0 N–H and O–H groups in total. The van der Waals surface area contributed by atoms with Crippen LogP contribution in [0.1, 0.15) is 20.8 Å². The maximum absolute atomic E-state index is 12.2. The Bertz CT molecular complexity index is 740. The second-order valence-electron chi connectivity index (χ2n) is 5.14. The molecule has 4 nitrogen and oxygen atoms in total. The van der Waals surface area contributed by atoms with Gasteiger partial charge in [-0.1, -0.05) is 24.3 Å². The van der Waals surface area contributed by atoms with Gasteiger partial charge in [0.2, 0.25) is 0 Å². The molecule has 120 valence electrons. The fraction of sp³-hybridized carbons (Fsp3) is 0.250. The number of thiophene rings is 1. The molecule has 0 saturated carbocycles. The van der Waals surface area contributed by atoms with Crippen molar-refractivity contribution in [1.82, 2.24) is 4.90 Å². The van der Waals surface area contributed by atoms with Gasteiger partial charge >= 0.3 is 5.97 Å². The molecule has 0 radical (unpaired) electrons. The Balaban J connectivity index is 1.57. The summed E-state index contributed by atoms with van der Waals surface area (Å²) in [5.74, 6) is -0.644. The molecule has 0 spiro atoms. The van der Waals surface area contributed by atoms with Gasteiger partial charge in [-0.25, -0.2) is 4.79 Å². The topological polar surface area (TPSA) is 46.6 Å². The standard InChI is InChI=1S/C16H13Br2NO3S/c17-12-7-13(23-15(12)18)16(21)22-9-14(20)19-6-5-10-3-1-2-4-11(10)8-19/h1-4,7H,5-6,8-9H2. The lowest BCUT2D eigenvalue weighted by atomic mass is 10.00. The molecule has 1 aliphatic heterocycles. The van der Waals surface area contributed by atoms with E-state index in [0.29, 0.717) is 18.0 Å². The summed E-state index contributed by atoms with van der Waals surface area (Å²) in [6.45, 7) is 1.00. The van der Waals surface area contributed by atoms with E-state index in [-0.39, 0.29) is 12.5 Å². The molecule has 23 heavy (non-hydrogen) atoms. The minimum absolute atomic E-state index is 0.164. The molecule has 0 atom stereocenters. The van der Waals surface area contributed by atoms with Crippen molar-refractivity contribution in [2.45, 2.75) is 13.0 Å². The van der Waals surface area contributed by atoms with Crippen LogP contribution in [0.2, 0.25) is 0 Å². The third-order valence-electron chi connectivity index (χ3n) is 3.66. The third-order valence-corrected chi connectivity index (χ3v) is 6.89. The van der Waals surface area contributed by atoms with Gasteiger partial charge in [-0.15, -0.1) is 11.3 Å². The van der Waals surface area contributed by atoms with Gasteiger partial charge in [-0.3, -0.25) is 4.79 Å². The van der Waals surface area contributed by atoms with Gasteiger partial charge in [-0.05, 0) is 55.5 Å². The molecule has 1 amide bonds. The van der Waals surface area contributed by atoms with E-state index in [2.05, 4.69) is 37.9 Å². The first kappa shape index (κ1) is 16.7. The predicted octanol–water partition coefficient (Wildman–Crippen LogP) is 4.01. The van der Waals surface area contributed by atoms with Crippen LogP contribution in [0.25, 0.3) is 0 Å². The minimum atomic E-state index is -0.479. The van der Waals surface area contributed by atoms with Crippen LogP contribution in [0.4, 0.5) is 0 Å². The van der Waals surface area contributed by atoms with Gasteiger partial charge in [0.25, 0.3) is 5.91 Å². The third kappa shape index (κ3) is 3.84. The van der Waals surface area contributed by atoms with Crippen LogP contribution in [0, 0.1) is 0 Å². The van der Waals surface area contributed by atoms with Crippen molar-refractivity contribution >= 4 is 55.1 Å². The summed E-state index contributed by atoms with van der Waals surface area (Å²) in [5.41, 5.74) is 2.44. The molecule has 3 rings (SSSR count). The summed E-state index contributed by atoms with van der Waals surface area (Å²) < 4.78 is 6.76. The SMILES string of the molecule is O=C(OCC(=O)N1CCc2ccccc2C1)c1cc(Br)c(Br)s1. The van der Waals surface area contributed by atoms with E-state index in [1.807, 2.05) is 18.2 Å². The average molecular weight is 459 g/mol. The van der Waals surface area contributed by atoms with E-state index in [9.17, 15) is 9.59 Å². The summed E-state index contributed by atoms with van der Waals surface area (Å²) >= 11 is 7.92. The number of benzene rings is 1. The largest absolute Gasteiger partial charge is 0.451 e. The fourth-order valence-corrected chi connectivity index (χ4v) is 4.37. The summed E-state index contributed by atoms with van der Waals surface area (Å²) in [6.07, 6.45) is 0.834. The highest BCUT2D eigenvalue weighted by Crippen LogP contribution is 2.32. The van der Waals surface area contributed by atoms with E-state index in [4.69, 9.17) is 4.74 Å². The first-order valence-electron chi connectivity index (χ1n) is 7.01. The Kier molecular flexibility index (Phi) is 5.18. The van der Waals surface area contributed by atoms with Crippen molar-refractivity contribution in [3.8, 4) is 0 Å². The van der Waals surface area contributed by atoms with Gasteiger partial charge in [0.15, 0.2) is 6.61 Å². The Morgan fingerprint density at radius 2 is 1.96 bits per heavy atom. The van der Waals surface area contributed by atoms with Crippen LogP contribution in [0.5, 0.6) is 0 Å². The number of fused-ring (bicyclic) bond motifs is 1. The highest BCUT2D eigenvalue weighted by atomic mass is 79.9. The highest BCUT2D eigenvalue weighted by molar-refractivity contribution is 9.13. The molecular formula is C16H13Br2NO3S. The lowest BCUT2D eigenvalue weighted by molar-refractivity contribution is -0.135. The zero-order chi connectivity index (χ0) is 16.4. The van der Waals surface area contributed by atoms with Gasteiger partial charge < -0.3 is 9.64 Å². The number of amides is 1. The van der Waals surface area contributed by atoms with Crippen molar-refractivity contribution < 1.29 is 14.3 Å². The Hall–Kier alpha value is -1.18. The number of ether oxygens (including phenoxy) is 1. The van der Waals surface area contributed by atoms with E-state index in [1.54, 1.807) is 11.0 Å². The molecule has 1 aromatic carbocycles. The number of hydrogen-bond donors (Lipinski definition) is 0. The van der Waals surface area contributed by atoms with Crippen LogP contribution >= 0.6 is 43.2 Å². The Morgan fingerprint density at radius 1 is 1.22 bits per heavy atom. The van der Waals surface area contributed by atoms with Crippen LogP contribution in [0.15, 0.2) is 38.6 Å². The minimum Gasteiger partial charge on any atom is -0.451 e. The molecule has 0 saturated heterocycles. The van der Waals surface area contributed by atoms with Crippen LogP contribution < -0.4 is 0 Å². The summed E-state index contributed by atoms with van der Waals surface area (Å²) in [4.78, 5) is 26.4. The van der Waals surface area contributed by atoms with E-state index < -0.39 is 5.97 Å². The van der Waals surface area contributed by atoms with Crippen molar-refractivity contribution in [2.75, 3.05) is 13.2 Å². The summed E-state index contributed by atoms with van der Waals surface area (Å²) in [7, 11) is 0. The zero-order valence-electron chi connectivity index (χ0n) is 12.1. The fourth-order valence-electron chi connectivity index (χ4n) is 2.45. The number of nitrogens with zero attached hydrogens (tertiary/aromatic N) is 1. The lowest BCUT2D eigenvalue weighted by Crippen LogP contribution is -2.38. The van der Waals surface area contributed by atoms with Crippen molar-refractivity contribution in [1.29, 1.82) is 0 Å². The molecule has 0 fully saturated rings. The lowest BCUT2D eigenvalue weighted by Gasteiger charge is -2.28. The molecule has 7 heteroatoms. The predicted molar refractivity (Wildman–Crippen MR) is 95.6 cm³/mol. The second kappa shape index (κ2) is 7.15. The molecule has 1 aromatic heterocycles. The second-order valence-corrected chi connectivity index (χ2v) is 8.37. The summed E-state index contributed by atoms with van der Waals surface area (Å²) in [6, 6.07) is 9.78. The zero-order valence-corrected chi connectivity index (χ0v) is 16.0. The van der Waals surface area contributed by atoms with Gasteiger partial charge in [0, 0.05) is 17.6 Å². The first-order valence-corrected chi connectivity index (χ1v) is 9.41. The molecule has 1 aliphatic rings. The maximum Gasteiger partial charge on any atom is 0.348 e. The molecule has 2 heterocycles. The number of carbonyl (C=O) groups is 2. The van der Waals surface area contributed by atoms with Crippen molar-refractivity contribution in [3.63, 3.8) is 0 Å². The van der Waals surface area contributed by atoms with Gasteiger partial charge in [0.1, 0.15) is 4.88 Å². The molecule has 2 aromatic rings. The van der Waals surface area contributed by atoms with E-state index in [0.717, 1.165) is 20.2 Å². The van der Waals surface area contributed by atoms with Crippen LogP contribution in [-0.2, 0) is 22.5 Å². The normalized spacial score (nSPS) is 13.6. The molecule has 0 unspecified atom stereocenters. The highest BCUT2D eigenvalue weighted by Gasteiger charge is 2.22. The van der Waals surface area contributed by atoms with Crippen LogP contribution in [0.3, 0.4) is 0 Å².